The fourth-order valence-electron chi connectivity index (χ4n) is 11.6. The highest BCUT2D eigenvalue weighted by atomic mass is 32.1. The molecule has 0 amide bonds. The van der Waals surface area contributed by atoms with Crippen LogP contribution in [0.2, 0.25) is 0 Å². The third kappa shape index (κ3) is 4.88. The van der Waals surface area contributed by atoms with Gasteiger partial charge in [-0.2, -0.15) is 0 Å². The Kier molecular flexibility index (Phi) is 6.91. The van der Waals surface area contributed by atoms with Gasteiger partial charge >= 0.3 is 0 Å². The molecule has 1 spiro atoms. The first kappa shape index (κ1) is 32.7. The summed E-state index contributed by atoms with van der Waals surface area (Å²) in [4.78, 5) is 2.38. The third-order valence-electron chi connectivity index (χ3n) is 14.1. The molecule has 3 heteroatoms. The molecular weight excluding hydrogens is 807 g/mol. The van der Waals surface area contributed by atoms with Crippen LogP contribution in [-0.4, -0.2) is 0 Å². The van der Waals surface area contributed by atoms with Crippen LogP contribution in [0.1, 0.15) is 50.0 Å². The molecule has 0 saturated heterocycles. The van der Waals surface area contributed by atoms with E-state index in [2.05, 4.69) is 175 Å². The molecule has 1 aliphatic heterocycles. The summed E-state index contributed by atoms with van der Waals surface area (Å²) in [7, 11) is 0. The average Bonchev–Trinajstić information content (AvgIpc) is 4.04. The van der Waals surface area contributed by atoms with E-state index in [-0.39, 0.29) is 24.2 Å². The standard InChI is InChI=1S/C62H39NOS/c1-3-18-40(19-4-1)61(41-20-5-2-6-21-41)49-26-11-7-24-46(49)47-36-34-42(38-53(47)61)63(55-30-17-33-59-60(55)48-25-10-16-32-58(48)65-59)43-35-37-57-54(39-43)62(52-29-14-15-31-56(52)64-57)50-27-12-8-22-44(50)45-23-9-13-28-51(45)62/h1-39H/i7D,11D,24D,26D. The second-order valence-corrected chi connectivity index (χ2v) is 18.2. The molecule has 0 unspecified atom stereocenters. The normalized spacial score (nSPS) is 15.1. The van der Waals surface area contributed by atoms with Crippen LogP contribution in [-0.2, 0) is 10.8 Å². The number of anilines is 3. The number of hydrogen-bond donors (Lipinski definition) is 0. The van der Waals surface area contributed by atoms with Crippen LogP contribution in [0.25, 0.3) is 42.4 Å². The van der Waals surface area contributed by atoms with Crippen LogP contribution in [0.3, 0.4) is 0 Å². The minimum atomic E-state index is -1.10. The largest absolute Gasteiger partial charge is 0.457 e. The SMILES string of the molecule is [2H]c1c([2H])c([2H])c2c(c1[2H])-c1ccc(N(c3ccc4c(c3)C3(c5ccccc5O4)c4ccccc4-c4ccccc43)c3cccc4sc5ccccc5c34)cc1C2(c1ccccc1)c1ccccc1. The molecule has 3 aliphatic rings. The lowest BCUT2D eigenvalue weighted by Crippen LogP contribution is -2.32. The zero-order valence-corrected chi connectivity index (χ0v) is 35.8. The quantitative estimate of drug-likeness (QED) is 0.171. The molecule has 11 aromatic rings. The van der Waals surface area contributed by atoms with E-state index >= 15 is 0 Å². The lowest BCUT2D eigenvalue weighted by Gasteiger charge is -2.40. The number of nitrogens with zero attached hydrogens (tertiary/aromatic N) is 1. The molecule has 65 heavy (non-hydrogen) atoms. The predicted octanol–water partition coefficient (Wildman–Crippen LogP) is 16.4. The molecule has 0 N–H and O–H groups in total. The third-order valence-corrected chi connectivity index (χ3v) is 15.3. The summed E-state index contributed by atoms with van der Waals surface area (Å²) in [6, 6.07) is 74.2. The number of para-hydroxylation sites is 1. The van der Waals surface area contributed by atoms with Crippen molar-refractivity contribution in [2.45, 2.75) is 10.8 Å². The summed E-state index contributed by atoms with van der Waals surface area (Å²) < 4.78 is 46.6. The Hall–Kier alpha value is -7.98. The number of rotatable bonds is 5. The summed E-state index contributed by atoms with van der Waals surface area (Å²) in [5, 5.41) is 2.31. The molecule has 304 valence electrons. The molecule has 1 aromatic heterocycles. The molecule has 10 aromatic carbocycles. The Balaban J connectivity index is 1.10. The number of benzene rings is 10. The van der Waals surface area contributed by atoms with Crippen molar-refractivity contribution < 1.29 is 10.2 Å². The van der Waals surface area contributed by atoms with Crippen LogP contribution >= 0.6 is 11.3 Å². The number of thiophene rings is 1. The summed E-state index contributed by atoms with van der Waals surface area (Å²) in [5.41, 5.74) is 12.6. The van der Waals surface area contributed by atoms with Gasteiger partial charge in [0.05, 0.1) is 22.0 Å². The lowest BCUT2D eigenvalue weighted by atomic mass is 9.66. The smallest absolute Gasteiger partial charge is 0.132 e. The maximum atomic E-state index is 9.71. The molecule has 0 radical (unpaired) electrons. The molecule has 14 rings (SSSR count). The molecule has 0 atom stereocenters. The second kappa shape index (κ2) is 13.8. The summed E-state index contributed by atoms with van der Waals surface area (Å²) in [6.07, 6.45) is 0. The molecule has 2 aliphatic carbocycles. The van der Waals surface area contributed by atoms with Crippen molar-refractivity contribution >= 4 is 48.6 Å². The molecule has 0 saturated carbocycles. The Bertz CT molecular complexity index is 3870. The van der Waals surface area contributed by atoms with Crippen molar-refractivity contribution in [2.75, 3.05) is 4.90 Å². The highest BCUT2D eigenvalue weighted by Gasteiger charge is 2.51. The van der Waals surface area contributed by atoms with E-state index in [1.807, 2.05) is 42.5 Å². The Labute approximate surface area is 387 Å². The molecule has 0 fully saturated rings. The van der Waals surface area contributed by atoms with E-state index in [0.29, 0.717) is 11.1 Å². The maximum Gasteiger partial charge on any atom is 0.132 e. The summed E-state index contributed by atoms with van der Waals surface area (Å²) >= 11 is 1.79. The summed E-state index contributed by atoms with van der Waals surface area (Å²) in [5.74, 6) is 1.63. The first-order chi connectivity index (χ1) is 33.9. The van der Waals surface area contributed by atoms with Crippen molar-refractivity contribution in [3.05, 3.63) is 281 Å². The maximum absolute atomic E-state index is 9.71. The van der Waals surface area contributed by atoms with Crippen LogP contribution in [0.4, 0.5) is 17.1 Å². The zero-order valence-electron chi connectivity index (χ0n) is 39.0. The van der Waals surface area contributed by atoms with E-state index in [1.54, 1.807) is 11.3 Å². The average molecular weight is 850 g/mol. The fourth-order valence-corrected chi connectivity index (χ4v) is 12.8. The van der Waals surface area contributed by atoms with E-state index in [0.717, 1.165) is 67.3 Å². The van der Waals surface area contributed by atoms with Crippen LogP contribution in [0.15, 0.2) is 236 Å². The van der Waals surface area contributed by atoms with Crippen LogP contribution in [0.5, 0.6) is 11.5 Å². The zero-order chi connectivity index (χ0) is 46.2. The predicted molar refractivity (Wildman–Crippen MR) is 269 cm³/mol. The van der Waals surface area contributed by atoms with Crippen LogP contribution in [0, 0.1) is 0 Å². The van der Waals surface area contributed by atoms with Gasteiger partial charge in [-0.25, -0.2) is 0 Å². The minimum Gasteiger partial charge on any atom is -0.457 e. The van der Waals surface area contributed by atoms with Gasteiger partial charge in [0.15, 0.2) is 0 Å². The van der Waals surface area contributed by atoms with Crippen LogP contribution < -0.4 is 9.64 Å². The van der Waals surface area contributed by atoms with Gasteiger partial charge in [-0.15, -0.1) is 11.3 Å². The first-order valence-electron chi connectivity index (χ1n) is 24.1. The molecular formula is C62H39NOS. The van der Waals surface area contributed by atoms with E-state index in [4.69, 9.17) is 7.48 Å². The van der Waals surface area contributed by atoms with Crippen molar-refractivity contribution in [1.82, 2.24) is 0 Å². The molecule has 2 nitrogen and oxygen atoms in total. The number of hydrogen-bond acceptors (Lipinski definition) is 3. The van der Waals surface area contributed by atoms with E-state index in [9.17, 15) is 2.74 Å². The van der Waals surface area contributed by atoms with E-state index in [1.165, 1.54) is 37.0 Å². The summed E-state index contributed by atoms with van der Waals surface area (Å²) in [6.45, 7) is 0. The molecule has 0 bridgehead atoms. The van der Waals surface area contributed by atoms with Gasteiger partial charge in [0.25, 0.3) is 0 Å². The number of ether oxygens (including phenoxy) is 1. The van der Waals surface area contributed by atoms with Crippen molar-refractivity contribution in [3.8, 4) is 33.8 Å². The van der Waals surface area contributed by atoms with Gasteiger partial charge in [0.1, 0.15) is 11.5 Å². The minimum absolute atomic E-state index is 0.0415. The van der Waals surface area contributed by atoms with Crippen molar-refractivity contribution in [1.29, 1.82) is 0 Å². The van der Waals surface area contributed by atoms with Gasteiger partial charge < -0.3 is 9.64 Å². The Morgan fingerprint density at radius 1 is 0.400 bits per heavy atom. The van der Waals surface area contributed by atoms with Crippen molar-refractivity contribution in [3.63, 3.8) is 0 Å². The van der Waals surface area contributed by atoms with Gasteiger partial charge in [-0.05, 0) is 110 Å². The van der Waals surface area contributed by atoms with Gasteiger partial charge in [0.2, 0.25) is 0 Å². The fraction of sp³-hybridized carbons (Fsp3) is 0.0323. The highest BCUT2D eigenvalue weighted by molar-refractivity contribution is 7.26. The first-order valence-corrected chi connectivity index (χ1v) is 22.9. The van der Waals surface area contributed by atoms with Gasteiger partial charge in [-0.3, -0.25) is 0 Å². The van der Waals surface area contributed by atoms with Crippen molar-refractivity contribution in [2.24, 2.45) is 0 Å². The highest BCUT2D eigenvalue weighted by Crippen LogP contribution is 2.63. The molecule has 2 heterocycles. The Morgan fingerprint density at radius 2 is 0.969 bits per heavy atom. The monoisotopic (exact) mass is 849 g/mol. The topological polar surface area (TPSA) is 12.5 Å². The number of fused-ring (bicyclic) bond motifs is 15. The van der Waals surface area contributed by atoms with E-state index < -0.39 is 10.8 Å². The van der Waals surface area contributed by atoms with Gasteiger partial charge in [-0.1, -0.05) is 182 Å². The Morgan fingerprint density at radius 3 is 1.72 bits per heavy atom. The van der Waals surface area contributed by atoms with Gasteiger partial charge in [0, 0.05) is 42.7 Å². The second-order valence-electron chi connectivity index (χ2n) is 17.2. The lowest BCUT2D eigenvalue weighted by molar-refractivity contribution is 0.436.